The maximum atomic E-state index is 2.33. The first-order valence-electron chi connectivity index (χ1n) is 4.87. The first kappa shape index (κ1) is 7.85. The van der Waals surface area contributed by atoms with Gasteiger partial charge in [-0.2, -0.15) is 0 Å². The first-order valence-corrected chi connectivity index (χ1v) is 4.87. The van der Waals surface area contributed by atoms with E-state index >= 15 is 0 Å². The summed E-state index contributed by atoms with van der Waals surface area (Å²) in [6.07, 6.45) is 2.65. The Labute approximate surface area is 74.6 Å². The van der Waals surface area contributed by atoms with Crippen LogP contribution in [-0.4, -0.2) is 0 Å². The van der Waals surface area contributed by atoms with Crippen LogP contribution in [0.5, 0.6) is 0 Å². The molecule has 0 radical (unpaired) electrons. The SMILES string of the molecule is CC(C)C1CCc2ccccc21. The minimum atomic E-state index is 0.800. The van der Waals surface area contributed by atoms with Gasteiger partial charge in [0.25, 0.3) is 0 Å². The lowest BCUT2D eigenvalue weighted by molar-refractivity contribution is 0.496. The second-order valence-electron chi connectivity index (χ2n) is 4.09. The Morgan fingerprint density at radius 1 is 1.25 bits per heavy atom. The van der Waals surface area contributed by atoms with Crippen LogP contribution in [-0.2, 0) is 6.42 Å². The molecule has 0 amide bonds. The van der Waals surface area contributed by atoms with Gasteiger partial charge in [0.15, 0.2) is 0 Å². The van der Waals surface area contributed by atoms with E-state index in [9.17, 15) is 0 Å². The van der Waals surface area contributed by atoms with E-state index in [-0.39, 0.29) is 0 Å². The van der Waals surface area contributed by atoms with Crippen molar-refractivity contribution < 1.29 is 0 Å². The predicted molar refractivity (Wildman–Crippen MR) is 52.3 cm³/mol. The van der Waals surface area contributed by atoms with Gasteiger partial charge in [0, 0.05) is 0 Å². The second-order valence-corrected chi connectivity index (χ2v) is 4.09. The fourth-order valence-corrected chi connectivity index (χ4v) is 2.28. The maximum Gasteiger partial charge on any atom is -0.0133 e. The van der Waals surface area contributed by atoms with Crippen molar-refractivity contribution in [2.24, 2.45) is 5.92 Å². The van der Waals surface area contributed by atoms with Crippen LogP contribution in [0.15, 0.2) is 24.3 Å². The lowest BCUT2D eigenvalue weighted by atomic mass is 9.90. The van der Waals surface area contributed by atoms with Gasteiger partial charge in [0.1, 0.15) is 0 Å². The summed E-state index contributed by atoms with van der Waals surface area (Å²) in [6, 6.07) is 8.89. The van der Waals surface area contributed by atoms with Gasteiger partial charge in [-0.1, -0.05) is 38.1 Å². The van der Waals surface area contributed by atoms with Gasteiger partial charge in [-0.15, -0.1) is 0 Å². The molecule has 0 aromatic heterocycles. The number of aryl methyl sites for hydroxylation is 1. The fourth-order valence-electron chi connectivity index (χ4n) is 2.28. The molecule has 1 aliphatic rings. The third-order valence-corrected chi connectivity index (χ3v) is 2.98. The molecular weight excluding hydrogens is 144 g/mol. The lowest BCUT2D eigenvalue weighted by Gasteiger charge is -2.14. The Morgan fingerprint density at radius 2 is 2.00 bits per heavy atom. The van der Waals surface area contributed by atoms with Crippen molar-refractivity contribution in [3.8, 4) is 0 Å². The van der Waals surface area contributed by atoms with Crippen molar-refractivity contribution >= 4 is 0 Å². The summed E-state index contributed by atoms with van der Waals surface area (Å²) in [7, 11) is 0. The topological polar surface area (TPSA) is 0 Å². The van der Waals surface area contributed by atoms with Crippen LogP contribution >= 0.6 is 0 Å². The molecule has 12 heavy (non-hydrogen) atoms. The van der Waals surface area contributed by atoms with E-state index in [1.807, 2.05) is 0 Å². The van der Waals surface area contributed by atoms with Gasteiger partial charge in [-0.3, -0.25) is 0 Å². The molecule has 0 heteroatoms. The lowest BCUT2D eigenvalue weighted by Crippen LogP contribution is -2.01. The molecule has 0 heterocycles. The van der Waals surface area contributed by atoms with E-state index in [4.69, 9.17) is 0 Å². The van der Waals surface area contributed by atoms with Gasteiger partial charge in [-0.25, -0.2) is 0 Å². The largest absolute Gasteiger partial charge is 0.0622 e. The summed E-state index contributed by atoms with van der Waals surface area (Å²) in [4.78, 5) is 0. The quantitative estimate of drug-likeness (QED) is 0.591. The Balaban J connectivity index is 2.36. The molecule has 0 saturated heterocycles. The summed E-state index contributed by atoms with van der Waals surface area (Å²) < 4.78 is 0. The highest BCUT2D eigenvalue weighted by atomic mass is 14.3. The highest BCUT2D eigenvalue weighted by molar-refractivity contribution is 5.34. The van der Waals surface area contributed by atoms with Crippen molar-refractivity contribution in [3.05, 3.63) is 35.4 Å². The number of rotatable bonds is 1. The summed E-state index contributed by atoms with van der Waals surface area (Å²) in [5.41, 5.74) is 3.18. The highest BCUT2D eigenvalue weighted by Crippen LogP contribution is 2.37. The monoisotopic (exact) mass is 160 g/mol. The van der Waals surface area contributed by atoms with Crippen LogP contribution in [0.25, 0.3) is 0 Å². The average molecular weight is 160 g/mol. The average Bonchev–Trinajstić information content (AvgIpc) is 2.47. The third-order valence-electron chi connectivity index (χ3n) is 2.98. The zero-order chi connectivity index (χ0) is 8.55. The Bertz CT molecular complexity index is 273. The molecule has 1 aromatic carbocycles. The number of fused-ring (bicyclic) bond motifs is 1. The van der Waals surface area contributed by atoms with Crippen LogP contribution in [0.3, 0.4) is 0 Å². The number of benzene rings is 1. The number of hydrogen-bond acceptors (Lipinski definition) is 0. The first-order chi connectivity index (χ1) is 5.79. The fraction of sp³-hybridized carbons (Fsp3) is 0.500. The zero-order valence-electron chi connectivity index (χ0n) is 7.88. The Kier molecular flexibility index (Phi) is 1.92. The molecule has 0 nitrogen and oxygen atoms in total. The van der Waals surface area contributed by atoms with Crippen LogP contribution in [0, 0.1) is 5.92 Å². The van der Waals surface area contributed by atoms with E-state index in [1.54, 1.807) is 11.1 Å². The molecule has 0 aliphatic heterocycles. The third kappa shape index (κ3) is 1.16. The van der Waals surface area contributed by atoms with Gasteiger partial charge >= 0.3 is 0 Å². The van der Waals surface area contributed by atoms with Gasteiger partial charge in [0.2, 0.25) is 0 Å². The standard InChI is InChI=1S/C12H16/c1-9(2)11-8-7-10-5-3-4-6-12(10)11/h3-6,9,11H,7-8H2,1-2H3. The molecule has 0 bridgehead atoms. The van der Waals surface area contributed by atoms with Crippen molar-refractivity contribution in [1.82, 2.24) is 0 Å². The van der Waals surface area contributed by atoms with Crippen molar-refractivity contribution in [3.63, 3.8) is 0 Å². The van der Waals surface area contributed by atoms with Crippen LogP contribution < -0.4 is 0 Å². The van der Waals surface area contributed by atoms with Crippen LogP contribution in [0.4, 0.5) is 0 Å². The van der Waals surface area contributed by atoms with Crippen LogP contribution in [0.2, 0.25) is 0 Å². The molecule has 0 fully saturated rings. The van der Waals surface area contributed by atoms with Crippen molar-refractivity contribution in [2.45, 2.75) is 32.6 Å². The second kappa shape index (κ2) is 2.93. The van der Waals surface area contributed by atoms with E-state index in [1.165, 1.54) is 12.8 Å². The highest BCUT2D eigenvalue weighted by Gasteiger charge is 2.23. The maximum absolute atomic E-state index is 2.33. The molecule has 0 N–H and O–H groups in total. The van der Waals surface area contributed by atoms with E-state index in [2.05, 4.69) is 38.1 Å². The minimum absolute atomic E-state index is 0.800. The molecule has 1 unspecified atom stereocenters. The van der Waals surface area contributed by atoms with Gasteiger partial charge < -0.3 is 0 Å². The number of hydrogen-bond donors (Lipinski definition) is 0. The smallest absolute Gasteiger partial charge is 0.0133 e. The minimum Gasteiger partial charge on any atom is -0.0622 e. The molecule has 0 spiro atoms. The molecular formula is C12H16. The molecule has 1 aromatic rings. The van der Waals surface area contributed by atoms with Crippen molar-refractivity contribution in [2.75, 3.05) is 0 Å². The van der Waals surface area contributed by atoms with E-state index in [0.29, 0.717) is 0 Å². The molecule has 0 saturated carbocycles. The van der Waals surface area contributed by atoms with Crippen molar-refractivity contribution in [1.29, 1.82) is 0 Å². The molecule has 1 aliphatic carbocycles. The predicted octanol–water partition coefficient (Wildman–Crippen LogP) is 3.37. The summed E-state index contributed by atoms with van der Waals surface area (Å²) >= 11 is 0. The molecule has 2 rings (SSSR count). The normalized spacial score (nSPS) is 21.4. The van der Waals surface area contributed by atoms with Gasteiger partial charge in [-0.05, 0) is 35.8 Å². The van der Waals surface area contributed by atoms with E-state index in [0.717, 1.165) is 11.8 Å². The summed E-state index contributed by atoms with van der Waals surface area (Å²) in [5.74, 6) is 1.62. The van der Waals surface area contributed by atoms with Crippen LogP contribution in [0.1, 0.15) is 37.3 Å². The molecule has 64 valence electrons. The zero-order valence-corrected chi connectivity index (χ0v) is 7.88. The Morgan fingerprint density at radius 3 is 2.75 bits per heavy atom. The van der Waals surface area contributed by atoms with Gasteiger partial charge in [0.05, 0.1) is 0 Å². The van der Waals surface area contributed by atoms with E-state index < -0.39 is 0 Å². The molecule has 1 atom stereocenters. The summed E-state index contributed by atoms with van der Waals surface area (Å²) in [6.45, 7) is 4.65. The Hall–Kier alpha value is -0.780. The summed E-state index contributed by atoms with van der Waals surface area (Å²) in [5, 5.41) is 0.